The highest BCUT2D eigenvalue weighted by Gasteiger charge is 2.20. The summed E-state index contributed by atoms with van der Waals surface area (Å²) in [6.45, 7) is 2.68. The van der Waals surface area contributed by atoms with Crippen molar-refractivity contribution < 1.29 is 9.47 Å². The Morgan fingerprint density at radius 1 is 1.18 bits per heavy atom. The highest BCUT2D eigenvalue weighted by atomic mass is 79.9. The van der Waals surface area contributed by atoms with Gasteiger partial charge < -0.3 is 9.47 Å². The fourth-order valence-electron chi connectivity index (χ4n) is 3.75. The first-order valence-corrected chi connectivity index (χ1v) is 13.0. The van der Waals surface area contributed by atoms with Gasteiger partial charge in [-0.3, -0.25) is 0 Å². The third-order valence-electron chi connectivity index (χ3n) is 5.31. The summed E-state index contributed by atoms with van der Waals surface area (Å²) in [5, 5.41) is 11.6. The van der Waals surface area contributed by atoms with Gasteiger partial charge in [0.1, 0.15) is 17.7 Å². The van der Waals surface area contributed by atoms with Gasteiger partial charge in [0.25, 0.3) is 0 Å². The molecule has 0 atom stereocenters. The van der Waals surface area contributed by atoms with Gasteiger partial charge in [-0.2, -0.15) is 5.26 Å². The van der Waals surface area contributed by atoms with E-state index in [9.17, 15) is 5.26 Å². The van der Waals surface area contributed by atoms with Gasteiger partial charge in [-0.05, 0) is 83.9 Å². The first-order chi connectivity index (χ1) is 16.0. The number of halogens is 3. The zero-order valence-corrected chi connectivity index (χ0v) is 21.9. The smallest absolute Gasteiger partial charge is 0.175 e. The molecule has 0 unspecified atom stereocenters. The van der Waals surface area contributed by atoms with Crippen LogP contribution in [0.3, 0.4) is 0 Å². The van der Waals surface area contributed by atoms with E-state index in [0.717, 1.165) is 45.4 Å². The molecule has 1 aliphatic carbocycles. The average molecular weight is 564 g/mol. The topological polar surface area (TPSA) is 54.6 Å². The van der Waals surface area contributed by atoms with Crippen LogP contribution >= 0.6 is 50.5 Å². The molecule has 3 aromatic rings. The number of nitriles is 1. The van der Waals surface area contributed by atoms with Gasteiger partial charge in [-0.25, -0.2) is 4.99 Å². The highest BCUT2D eigenvalue weighted by Crippen LogP contribution is 2.40. The zero-order valence-electron chi connectivity index (χ0n) is 18.0. The molecule has 170 valence electrons. The standard InChI is InChI=1S/C25H21BrCl2N2O2S/c1-2-31-22-10-15(13-30-25-19(12-29)18-5-3-4-6-23(18)33-25)9-20(26)24(22)32-14-16-7-8-17(27)11-21(16)28/h7-11,13H,2-6,14H2,1H3. The Labute approximate surface area is 215 Å². The molecule has 0 spiro atoms. The predicted octanol–water partition coefficient (Wildman–Crippen LogP) is 8.30. The minimum Gasteiger partial charge on any atom is -0.490 e. The Hall–Kier alpha value is -2.04. The molecule has 1 aromatic heterocycles. The van der Waals surface area contributed by atoms with Crippen LogP contribution in [0.25, 0.3) is 0 Å². The fraction of sp³-hybridized carbons (Fsp3) is 0.280. The van der Waals surface area contributed by atoms with Gasteiger partial charge in [0.05, 0.1) is 16.6 Å². The van der Waals surface area contributed by atoms with Gasteiger partial charge in [0.15, 0.2) is 11.5 Å². The average Bonchev–Trinajstić information content (AvgIpc) is 3.16. The minimum atomic E-state index is 0.272. The number of aryl methyl sites for hydroxylation is 1. The summed E-state index contributed by atoms with van der Waals surface area (Å²) < 4.78 is 12.6. The Morgan fingerprint density at radius 3 is 2.76 bits per heavy atom. The molecule has 8 heteroatoms. The van der Waals surface area contributed by atoms with E-state index in [1.54, 1.807) is 29.7 Å². The zero-order chi connectivity index (χ0) is 23.4. The Balaban J connectivity index is 1.59. The number of rotatable bonds is 7. The second-order valence-corrected chi connectivity index (χ2v) is 10.3. The Bertz CT molecular complexity index is 1250. The number of benzene rings is 2. The molecule has 4 rings (SSSR count). The molecule has 0 aliphatic heterocycles. The molecule has 1 aliphatic rings. The SMILES string of the molecule is CCOc1cc(C=Nc2sc3c(c2C#N)CCCC3)cc(Br)c1OCc1ccc(Cl)cc1Cl. The first-order valence-electron chi connectivity index (χ1n) is 10.6. The molecule has 33 heavy (non-hydrogen) atoms. The van der Waals surface area contributed by atoms with Gasteiger partial charge in [-0.15, -0.1) is 11.3 Å². The van der Waals surface area contributed by atoms with Crippen molar-refractivity contribution in [2.45, 2.75) is 39.2 Å². The Kier molecular flexibility index (Phi) is 7.98. The summed E-state index contributed by atoms with van der Waals surface area (Å²) in [7, 11) is 0. The lowest BCUT2D eigenvalue weighted by atomic mass is 9.96. The van der Waals surface area contributed by atoms with Crippen molar-refractivity contribution in [3.8, 4) is 17.6 Å². The maximum Gasteiger partial charge on any atom is 0.175 e. The molecule has 0 saturated heterocycles. The number of aliphatic imine (C=N–C) groups is 1. The summed E-state index contributed by atoms with van der Waals surface area (Å²) >= 11 is 17.5. The highest BCUT2D eigenvalue weighted by molar-refractivity contribution is 9.10. The van der Waals surface area contributed by atoms with Crippen molar-refractivity contribution in [1.29, 1.82) is 5.26 Å². The molecular weight excluding hydrogens is 543 g/mol. The van der Waals surface area contributed by atoms with E-state index >= 15 is 0 Å². The van der Waals surface area contributed by atoms with Crippen LogP contribution in [0, 0.1) is 11.3 Å². The third kappa shape index (κ3) is 5.55. The molecular formula is C25H21BrCl2N2O2S. The largest absolute Gasteiger partial charge is 0.490 e. The number of thiophene rings is 1. The number of hydrogen-bond acceptors (Lipinski definition) is 5. The van der Waals surface area contributed by atoms with Crippen molar-refractivity contribution in [2.75, 3.05) is 6.61 Å². The number of nitrogens with zero attached hydrogens (tertiary/aromatic N) is 2. The lowest BCUT2D eigenvalue weighted by Crippen LogP contribution is -2.02. The van der Waals surface area contributed by atoms with Crippen LogP contribution in [-0.2, 0) is 19.4 Å². The fourth-order valence-corrected chi connectivity index (χ4v) is 5.97. The van der Waals surface area contributed by atoms with Crippen LogP contribution in [-0.4, -0.2) is 12.8 Å². The van der Waals surface area contributed by atoms with E-state index in [1.165, 1.54) is 16.9 Å². The molecule has 0 amide bonds. The van der Waals surface area contributed by atoms with Crippen LogP contribution in [0.5, 0.6) is 11.5 Å². The van der Waals surface area contributed by atoms with Crippen molar-refractivity contribution in [2.24, 2.45) is 4.99 Å². The summed E-state index contributed by atoms with van der Waals surface area (Å²) in [5.41, 5.74) is 3.57. The van der Waals surface area contributed by atoms with Gasteiger partial charge in [-0.1, -0.05) is 29.3 Å². The maximum atomic E-state index is 9.66. The van der Waals surface area contributed by atoms with Gasteiger partial charge in [0.2, 0.25) is 0 Å². The quantitative estimate of drug-likeness (QED) is 0.272. The molecule has 0 fully saturated rings. The van der Waals surface area contributed by atoms with Crippen molar-refractivity contribution in [1.82, 2.24) is 0 Å². The normalized spacial score (nSPS) is 13.1. The number of ether oxygens (including phenoxy) is 2. The van der Waals surface area contributed by atoms with E-state index in [2.05, 4.69) is 27.0 Å². The van der Waals surface area contributed by atoms with Crippen LogP contribution in [0.15, 0.2) is 39.8 Å². The number of hydrogen-bond donors (Lipinski definition) is 0. The summed E-state index contributed by atoms with van der Waals surface area (Å²) in [6.07, 6.45) is 6.08. The minimum absolute atomic E-state index is 0.272. The molecule has 0 radical (unpaired) electrons. The van der Waals surface area contributed by atoms with Gasteiger partial charge in [0, 0.05) is 26.7 Å². The van der Waals surface area contributed by atoms with Crippen molar-refractivity contribution in [3.63, 3.8) is 0 Å². The van der Waals surface area contributed by atoms with E-state index in [1.807, 2.05) is 25.1 Å². The molecule has 2 aromatic carbocycles. The second-order valence-electron chi connectivity index (χ2n) is 7.55. The van der Waals surface area contributed by atoms with Crippen LogP contribution < -0.4 is 9.47 Å². The third-order valence-corrected chi connectivity index (χ3v) is 7.69. The van der Waals surface area contributed by atoms with Gasteiger partial charge >= 0.3 is 0 Å². The summed E-state index contributed by atoms with van der Waals surface area (Å²) in [4.78, 5) is 5.96. The summed E-state index contributed by atoms with van der Waals surface area (Å²) in [6, 6.07) is 11.5. The van der Waals surface area contributed by atoms with Crippen molar-refractivity contribution >= 4 is 61.7 Å². The molecule has 0 saturated carbocycles. The van der Waals surface area contributed by atoms with E-state index in [4.69, 9.17) is 32.7 Å². The monoisotopic (exact) mass is 562 g/mol. The Morgan fingerprint density at radius 2 is 2.00 bits per heavy atom. The first kappa shape index (κ1) is 24.1. The molecule has 4 nitrogen and oxygen atoms in total. The number of fused-ring (bicyclic) bond motifs is 1. The van der Waals surface area contributed by atoms with E-state index in [0.29, 0.717) is 28.2 Å². The van der Waals surface area contributed by atoms with Crippen LogP contribution in [0.2, 0.25) is 10.0 Å². The molecule has 0 N–H and O–H groups in total. The molecule has 0 bridgehead atoms. The van der Waals surface area contributed by atoms with Crippen LogP contribution in [0.1, 0.15) is 46.9 Å². The van der Waals surface area contributed by atoms with E-state index < -0.39 is 0 Å². The van der Waals surface area contributed by atoms with Crippen LogP contribution in [0.4, 0.5) is 5.00 Å². The summed E-state index contributed by atoms with van der Waals surface area (Å²) in [5.74, 6) is 1.19. The molecule has 1 heterocycles. The van der Waals surface area contributed by atoms with E-state index in [-0.39, 0.29) is 6.61 Å². The predicted molar refractivity (Wildman–Crippen MR) is 139 cm³/mol. The second kappa shape index (κ2) is 10.9. The lowest BCUT2D eigenvalue weighted by molar-refractivity contribution is 0.267. The lowest BCUT2D eigenvalue weighted by Gasteiger charge is -2.15. The van der Waals surface area contributed by atoms with Crippen molar-refractivity contribution in [3.05, 3.63) is 72.0 Å². The maximum absolute atomic E-state index is 9.66.